The lowest BCUT2D eigenvalue weighted by Gasteiger charge is -2.03. The first kappa shape index (κ1) is 12.1. The fourth-order valence-corrected chi connectivity index (χ4v) is 3.19. The van der Waals surface area contributed by atoms with E-state index in [0.717, 1.165) is 34.6 Å². The second kappa shape index (κ2) is 4.63. The van der Waals surface area contributed by atoms with Crippen LogP contribution in [0.15, 0.2) is 29.6 Å². The van der Waals surface area contributed by atoms with Gasteiger partial charge in [0.05, 0.1) is 11.4 Å². The number of benzene rings is 1. The number of hydrogen-bond donors (Lipinski definition) is 0. The maximum absolute atomic E-state index is 11.2. The molecule has 0 aliphatic heterocycles. The summed E-state index contributed by atoms with van der Waals surface area (Å²) in [5.41, 5.74) is 4.89. The average Bonchev–Trinajstić information content (AvgIpc) is 2.96. The number of carbonyl (C=O) groups is 1. The lowest BCUT2D eigenvalue weighted by atomic mass is 10.1. The zero-order valence-corrected chi connectivity index (χ0v) is 11.7. The molecular formula is C15H14N2OS. The average molecular weight is 270 g/mol. The number of carbonyl (C=O) groups excluding carboxylic acids is 1. The molecule has 1 aromatic carbocycles. The van der Waals surface area contributed by atoms with Gasteiger partial charge >= 0.3 is 0 Å². The second-order valence-corrected chi connectivity index (χ2v) is 5.33. The molecule has 4 heteroatoms. The normalized spacial score (nSPS) is 11.1. The van der Waals surface area contributed by atoms with Crippen LogP contribution >= 0.6 is 11.3 Å². The summed E-state index contributed by atoms with van der Waals surface area (Å²) in [5, 5.41) is 2.05. The third kappa shape index (κ3) is 1.88. The van der Waals surface area contributed by atoms with Gasteiger partial charge < -0.3 is 0 Å². The molecule has 0 aliphatic rings. The van der Waals surface area contributed by atoms with Gasteiger partial charge in [0.25, 0.3) is 0 Å². The van der Waals surface area contributed by atoms with Gasteiger partial charge in [-0.25, -0.2) is 4.98 Å². The van der Waals surface area contributed by atoms with Crippen LogP contribution in [0.3, 0.4) is 0 Å². The molecule has 0 radical (unpaired) electrons. The van der Waals surface area contributed by atoms with E-state index >= 15 is 0 Å². The van der Waals surface area contributed by atoms with Crippen molar-refractivity contribution in [2.45, 2.75) is 20.3 Å². The van der Waals surface area contributed by atoms with Crippen LogP contribution in [0, 0.1) is 6.92 Å². The number of aldehydes is 1. The van der Waals surface area contributed by atoms with Gasteiger partial charge in [-0.15, -0.1) is 11.3 Å². The number of nitrogens with zero attached hydrogens (tertiary/aromatic N) is 2. The zero-order valence-electron chi connectivity index (χ0n) is 10.9. The summed E-state index contributed by atoms with van der Waals surface area (Å²) in [4.78, 5) is 16.5. The summed E-state index contributed by atoms with van der Waals surface area (Å²) in [6, 6.07) is 8.46. The van der Waals surface area contributed by atoms with Crippen LogP contribution in [0.25, 0.3) is 16.2 Å². The predicted molar refractivity (Wildman–Crippen MR) is 78.0 cm³/mol. The van der Waals surface area contributed by atoms with Crippen molar-refractivity contribution in [3.05, 3.63) is 46.6 Å². The first-order valence-electron chi connectivity index (χ1n) is 6.25. The molecule has 0 unspecified atom stereocenters. The van der Waals surface area contributed by atoms with Gasteiger partial charge in [0.15, 0.2) is 11.2 Å². The third-order valence-corrected chi connectivity index (χ3v) is 4.18. The smallest absolute Gasteiger partial charge is 0.194 e. The minimum Gasteiger partial charge on any atom is -0.296 e. The predicted octanol–water partition coefficient (Wildman–Crippen LogP) is 3.75. The first-order valence-corrected chi connectivity index (χ1v) is 7.13. The number of aromatic nitrogens is 2. The summed E-state index contributed by atoms with van der Waals surface area (Å²) in [5.74, 6) is 0. The molecule has 0 bridgehead atoms. The lowest BCUT2D eigenvalue weighted by Crippen LogP contribution is -1.93. The summed E-state index contributed by atoms with van der Waals surface area (Å²) in [6.07, 6.45) is 1.91. The number of thiazole rings is 1. The number of hydrogen-bond acceptors (Lipinski definition) is 3. The van der Waals surface area contributed by atoms with Crippen LogP contribution in [0.2, 0.25) is 0 Å². The Morgan fingerprint density at radius 3 is 2.68 bits per heavy atom. The van der Waals surface area contributed by atoms with E-state index in [1.54, 1.807) is 11.3 Å². The van der Waals surface area contributed by atoms with Gasteiger partial charge in [-0.05, 0) is 24.5 Å². The Balaban J connectivity index is 2.21. The lowest BCUT2D eigenvalue weighted by molar-refractivity contribution is 0.111. The van der Waals surface area contributed by atoms with Crippen LogP contribution in [0.4, 0.5) is 0 Å². The van der Waals surface area contributed by atoms with Gasteiger partial charge in [0.2, 0.25) is 0 Å². The van der Waals surface area contributed by atoms with Crippen molar-refractivity contribution in [1.29, 1.82) is 0 Å². The van der Waals surface area contributed by atoms with Crippen LogP contribution < -0.4 is 0 Å². The molecule has 19 heavy (non-hydrogen) atoms. The Kier molecular flexibility index (Phi) is 2.95. The van der Waals surface area contributed by atoms with E-state index in [1.807, 2.05) is 11.3 Å². The van der Waals surface area contributed by atoms with E-state index in [1.165, 1.54) is 5.56 Å². The molecule has 0 amide bonds. The molecule has 0 N–H and O–H groups in total. The molecule has 0 atom stereocenters. The monoisotopic (exact) mass is 270 g/mol. The fourth-order valence-electron chi connectivity index (χ4n) is 2.24. The maximum Gasteiger partial charge on any atom is 0.194 e. The Bertz CT molecular complexity index is 737. The van der Waals surface area contributed by atoms with Crippen molar-refractivity contribution < 1.29 is 4.79 Å². The van der Waals surface area contributed by atoms with E-state index < -0.39 is 0 Å². The number of rotatable bonds is 3. The van der Waals surface area contributed by atoms with E-state index in [9.17, 15) is 4.79 Å². The van der Waals surface area contributed by atoms with Crippen molar-refractivity contribution in [1.82, 2.24) is 9.38 Å². The van der Waals surface area contributed by atoms with Crippen molar-refractivity contribution in [2.75, 3.05) is 0 Å². The van der Waals surface area contributed by atoms with E-state index in [2.05, 4.69) is 41.6 Å². The van der Waals surface area contributed by atoms with E-state index in [4.69, 9.17) is 0 Å². The van der Waals surface area contributed by atoms with Crippen molar-refractivity contribution in [2.24, 2.45) is 0 Å². The van der Waals surface area contributed by atoms with Gasteiger partial charge in [-0.3, -0.25) is 9.20 Å². The molecule has 0 spiro atoms. The zero-order chi connectivity index (χ0) is 13.4. The largest absolute Gasteiger partial charge is 0.296 e. The highest BCUT2D eigenvalue weighted by Gasteiger charge is 2.14. The highest BCUT2D eigenvalue weighted by atomic mass is 32.1. The molecule has 96 valence electrons. The number of imidazole rings is 1. The molecule has 2 heterocycles. The summed E-state index contributed by atoms with van der Waals surface area (Å²) < 4.78 is 1.94. The van der Waals surface area contributed by atoms with Gasteiger partial charge in [-0.1, -0.05) is 31.2 Å². The molecule has 0 saturated carbocycles. The first-order chi connectivity index (χ1) is 9.24. The minimum absolute atomic E-state index is 0.644. The topological polar surface area (TPSA) is 34.4 Å². The number of aryl methyl sites for hydroxylation is 2. The second-order valence-electron chi connectivity index (χ2n) is 4.49. The van der Waals surface area contributed by atoms with Crippen LogP contribution in [-0.4, -0.2) is 15.7 Å². The Hall–Kier alpha value is -1.94. The highest BCUT2D eigenvalue weighted by Crippen LogP contribution is 2.28. The molecule has 0 fully saturated rings. The fraction of sp³-hybridized carbons (Fsp3) is 0.200. The van der Waals surface area contributed by atoms with Crippen molar-refractivity contribution in [3.8, 4) is 11.3 Å². The van der Waals surface area contributed by atoms with Crippen LogP contribution in [-0.2, 0) is 6.42 Å². The standard InChI is InChI=1S/C15H14N2OS/c1-3-11-4-6-12(7-5-11)14-9-19-15-16-10(2)13(8-18)17(14)15/h4-9H,3H2,1-2H3. The van der Waals surface area contributed by atoms with E-state index in [-0.39, 0.29) is 0 Å². The minimum atomic E-state index is 0.644. The van der Waals surface area contributed by atoms with Crippen LogP contribution in [0.1, 0.15) is 28.7 Å². The van der Waals surface area contributed by atoms with Gasteiger partial charge in [0, 0.05) is 5.38 Å². The Morgan fingerprint density at radius 1 is 1.32 bits per heavy atom. The Morgan fingerprint density at radius 2 is 2.05 bits per heavy atom. The molecule has 3 aromatic rings. The summed E-state index contributed by atoms with van der Waals surface area (Å²) in [6.45, 7) is 4.01. The summed E-state index contributed by atoms with van der Waals surface area (Å²) in [7, 11) is 0. The van der Waals surface area contributed by atoms with Gasteiger partial charge in [0.1, 0.15) is 5.69 Å². The van der Waals surface area contributed by atoms with Crippen molar-refractivity contribution >= 4 is 22.6 Å². The van der Waals surface area contributed by atoms with Crippen LogP contribution in [0.5, 0.6) is 0 Å². The molecule has 3 nitrogen and oxygen atoms in total. The third-order valence-electron chi connectivity index (χ3n) is 3.35. The molecule has 3 rings (SSSR count). The number of fused-ring (bicyclic) bond motifs is 1. The van der Waals surface area contributed by atoms with E-state index in [0.29, 0.717) is 5.69 Å². The molecule has 2 aromatic heterocycles. The SMILES string of the molecule is CCc1ccc(-c2csc3nc(C)c(C=O)n23)cc1. The molecule has 0 saturated heterocycles. The Labute approximate surface area is 115 Å². The molecule has 0 aliphatic carbocycles. The highest BCUT2D eigenvalue weighted by molar-refractivity contribution is 7.15. The van der Waals surface area contributed by atoms with Gasteiger partial charge in [-0.2, -0.15) is 0 Å². The van der Waals surface area contributed by atoms with Crippen molar-refractivity contribution in [3.63, 3.8) is 0 Å². The molecular weight excluding hydrogens is 256 g/mol. The maximum atomic E-state index is 11.2. The quantitative estimate of drug-likeness (QED) is 0.679. The summed E-state index contributed by atoms with van der Waals surface area (Å²) >= 11 is 1.56.